The van der Waals surface area contributed by atoms with Crippen molar-refractivity contribution in [2.45, 2.75) is 37.1 Å². The van der Waals surface area contributed by atoms with Crippen LogP contribution in [0.5, 0.6) is 0 Å². The molecule has 0 bridgehead atoms. The molecule has 0 N–H and O–H groups in total. The summed E-state index contributed by atoms with van der Waals surface area (Å²) >= 11 is 6.96. The van der Waals surface area contributed by atoms with Gasteiger partial charge in [-0.3, -0.25) is 4.79 Å². The lowest BCUT2D eigenvalue weighted by Gasteiger charge is -2.27. The fraction of sp³-hybridized carbons (Fsp3) is 0.500. The Morgan fingerprint density at radius 3 is 3.00 bits per heavy atom. The number of halogens is 2. The molecular weight excluding hydrogens is 358 g/mol. The first kappa shape index (κ1) is 14.1. The van der Waals surface area contributed by atoms with Gasteiger partial charge in [0.2, 0.25) is 5.91 Å². The minimum Gasteiger partial charge on any atom is -0.335 e. The molecule has 1 aromatic rings. The zero-order valence-corrected chi connectivity index (χ0v) is 13.6. The maximum atomic E-state index is 12.3. The zero-order chi connectivity index (χ0) is 13.1. The molecule has 1 aliphatic rings. The first-order chi connectivity index (χ1) is 8.63. The highest BCUT2D eigenvalue weighted by atomic mass is 79.9. The molecule has 0 saturated carbocycles. The van der Waals surface area contributed by atoms with Gasteiger partial charge >= 0.3 is 0 Å². The highest BCUT2D eigenvalue weighted by molar-refractivity contribution is 9.10. The van der Waals surface area contributed by atoms with E-state index in [9.17, 15) is 4.79 Å². The van der Waals surface area contributed by atoms with E-state index in [0.29, 0.717) is 0 Å². The third-order valence-corrected chi connectivity index (χ3v) is 4.93. The summed E-state index contributed by atoms with van der Waals surface area (Å²) in [4.78, 5) is 14.3. The van der Waals surface area contributed by atoms with Crippen LogP contribution < -0.4 is 0 Å². The first-order valence-electron chi connectivity index (χ1n) is 6.33. The minimum atomic E-state index is -0.0507. The quantitative estimate of drug-likeness (QED) is 0.723. The largest absolute Gasteiger partial charge is 0.335 e. The molecule has 1 aromatic carbocycles. The van der Waals surface area contributed by atoms with E-state index < -0.39 is 0 Å². The van der Waals surface area contributed by atoms with E-state index in [1.165, 1.54) is 5.56 Å². The molecule has 0 radical (unpaired) electrons. The molecule has 98 valence electrons. The Bertz CT molecular complexity index is 436. The molecule has 1 saturated heterocycles. The van der Waals surface area contributed by atoms with Crippen LogP contribution in [-0.4, -0.2) is 22.2 Å². The monoisotopic (exact) mass is 373 g/mol. The van der Waals surface area contributed by atoms with Crippen molar-refractivity contribution in [3.05, 3.63) is 34.3 Å². The SMILES string of the molecule is CCC(Br)C(=O)N1CCCC1c1cccc(Br)c1. The average Bonchev–Trinajstić information content (AvgIpc) is 2.86. The van der Waals surface area contributed by atoms with Crippen LogP contribution in [0.4, 0.5) is 0 Å². The molecule has 0 aromatic heterocycles. The van der Waals surface area contributed by atoms with E-state index in [2.05, 4.69) is 44.0 Å². The van der Waals surface area contributed by atoms with Gasteiger partial charge in [-0.05, 0) is 37.0 Å². The number of benzene rings is 1. The number of amides is 1. The normalized spacial score (nSPS) is 21.1. The lowest BCUT2D eigenvalue weighted by molar-refractivity contribution is -0.131. The number of carbonyl (C=O) groups excluding carboxylic acids is 1. The van der Waals surface area contributed by atoms with Gasteiger partial charge in [0.1, 0.15) is 0 Å². The molecule has 0 aliphatic carbocycles. The lowest BCUT2D eigenvalue weighted by Crippen LogP contribution is -2.35. The van der Waals surface area contributed by atoms with E-state index in [1.54, 1.807) is 0 Å². The molecule has 0 spiro atoms. The molecule has 2 nitrogen and oxygen atoms in total. The van der Waals surface area contributed by atoms with Crippen LogP contribution in [0.1, 0.15) is 37.8 Å². The summed E-state index contributed by atoms with van der Waals surface area (Å²) in [5.41, 5.74) is 1.23. The number of carbonyl (C=O) groups is 1. The maximum absolute atomic E-state index is 12.3. The van der Waals surface area contributed by atoms with Gasteiger partial charge in [-0.2, -0.15) is 0 Å². The molecule has 1 fully saturated rings. The molecule has 1 amide bonds. The van der Waals surface area contributed by atoms with Crippen molar-refractivity contribution in [1.82, 2.24) is 4.90 Å². The number of hydrogen-bond acceptors (Lipinski definition) is 1. The summed E-state index contributed by atoms with van der Waals surface area (Å²) in [5, 5.41) is 0. The number of rotatable bonds is 3. The molecule has 2 unspecified atom stereocenters. The van der Waals surface area contributed by atoms with E-state index in [0.717, 1.165) is 30.3 Å². The molecule has 1 aliphatic heterocycles. The van der Waals surface area contributed by atoms with E-state index in [4.69, 9.17) is 0 Å². The van der Waals surface area contributed by atoms with Crippen LogP contribution in [0.25, 0.3) is 0 Å². The summed E-state index contributed by atoms with van der Waals surface area (Å²) in [5.74, 6) is 0.222. The second-order valence-electron chi connectivity index (χ2n) is 4.62. The van der Waals surface area contributed by atoms with E-state index in [1.807, 2.05) is 24.0 Å². The van der Waals surface area contributed by atoms with Crippen LogP contribution >= 0.6 is 31.9 Å². The third kappa shape index (κ3) is 2.97. The van der Waals surface area contributed by atoms with Crippen LogP contribution in [0.15, 0.2) is 28.7 Å². The predicted octanol–water partition coefficient (Wildman–Crippen LogP) is 4.29. The fourth-order valence-electron chi connectivity index (χ4n) is 2.45. The summed E-state index contributed by atoms with van der Waals surface area (Å²) in [6.07, 6.45) is 2.98. The fourth-order valence-corrected chi connectivity index (χ4v) is 3.13. The Kier molecular flexibility index (Phi) is 4.84. The summed E-state index contributed by atoms with van der Waals surface area (Å²) < 4.78 is 1.07. The van der Waals surface area contributed by atoms with Gasteiger partial charge in [0.25, 0.3) is 0 Å². The summed E-state index contributed by atoms with van der Waals surface area (Å²) in [7, 11) is 0. The minimum absolute atomic E-state index is 0.0507. The average molecular weight is 375 g/mol. The van der Waals surface area contributed by atoms with Crippen LogP contribution in [0, 0.1) is 0 Å². The summed E-state index contributed by atoms with van der Waals surface area (Å²) in [6.45, 7) is 2.90. The van der Waals surface area contributed by atoms with Gasteiger partial charge in [-0.15, -0.1) is 0 Å². The number of hydrogen-bond donors (Lipinski definition) is 0. The van der Waals surface area contributed by atoms with Gasteiger partial charge in [0.15, 0.2) is 0 Å². The Labute approximate surface area is 125 Å². The predicted molar refractivity (Wildman–Crippen MR) is 80.8 cm³/mol. The highest BCUT2D eigenvalue weighted by Crippen LogP contribution is 2.34. The van der Waals surface area contributed by atoms with Crippen molar-refractivity contribution >= 4 is 37.8 Å². The Hall–Kier alpha value is -0.350. The first-order valence-corrected chi connectivity index (χ1v) is 8.04. The Morgan fingerprint density at radius 1 is 1.56 bits per heavy atom. The molecule has 2 atom stereocenters. The zero-order valence-electron chi connectivity index (χ0n) is 10.4. The number of nitrogens with zero attached hydrogens (tertiary/aromatic N) is 1. The second-order valence-corrected chi connectivity index (χ2v) is 6.64. The maximum Gasteiger partial charge on any atom is 0.236 e. The Balaban J connectivity index is 2.20. The molecule has 1 heterocycles. The molecule has 4 heteroatoms. The van der Waals surface area contributed by atoms with Crippen molar-refractivity contribution in [3.8, 4) is 0 Å². The van der Waals surface area contributed by atoms with E-state index in [-0.39, 0.29) is 16.8 Å². The second kappa shape index (κ2) is 6.20. The third-order valence-electron chi connectivity index (χ3n) is 3.40. The highest BCUT2D eigenvalue weighted by Gasteiger charge is 2.32. The lowest BCUT2D eigenvalue weighted by atomic mass is 10.0. The van der Waals surface area contributed by atoms with Crippen LogP contribution in [0.2, 0.25) is 0 Å². The number of alkyl halides is 1. The van der Waals surface area contributed by atoms with E-state index >= 15 is 0 Å². The van der Waals surface area contributed by atoms with Crippen LogP contribution in [0.3, 0.4) is 0 Å². The molecular formula is C14H17Br2NO. The Morgan fingerprint density at radius 2 is 2.33 bits per heavy atom. The van der Waals surface area contributed by atoms with Gasteiger partial charge in [0, 0.05) is 11.0 Å². The smallest absolute Gasteiger partial charge is 0.236 e. The molecule has 2 rings (SSSR count). The van der Waals surface area contributed by atoms with Gasteiger partial charge in [0.05, 0.1) is 10.9 Å². The van der Waals surface area contributed by atoms with Gasteiger partial charge in [-0.1, -0.05) is 50.9 Å². The number of likely N-dealkylation sites (tertiary alicyclic amines) is 1. The molecule has 18 heavy (non-hydrogen) atoms. The van der Waals surface area contributed by atoms with Crippen molar-refractivity contribution in [1.29, 1.82) is 0 Å². The van der Waals surface area contributed by atoms with Crippen molar-refractivity contribution in [2.24, 2.45) is 0 Å². The van der Waals surface area contributed by atoms with Crippen molar-refractivity contribution in [2.75, 3.05) is 6.54 Å². The standard InChI is InChI=1S/C14H17Br2NO/c1-2-12(16)14(18)17-8-4-7-13(17)10-5-3-6-11(15)9-10/h3,5-6,9,12-13H,2,4,7-8H2,1H3. The topological polar surface area (TPSA) is 20.3 Å². The van der Waals surface area contributed by atoms with Gasteiger partial charge in [-0.25, -0.2) is 0 Å². The van der Waals surface area contributed by atoms with Crippen molar-refractivity contribution < 1.29 is 4.79 Å². The van der Waals surface area contributed by atoms with Gasteiger partial charge < -0.3 is 4.90 Å². The summed E-state index contributed by atoms with van der Waals surface area (Å²) in [6, 6.07) is 8.51. The van der Waals surface area contributed by atoms with Crippen molar-refractivity contribution in [3.63, 3.8) is 0 Å². The van der Waals surface area contributed by atoms with Crippen LogP contribution in [-0.2, 0) is 4.79 Å².